The van der Waals surface area contributed by atoms with E-state index < -0.39 is 0 Å². The van der Waals surface area contributed by atoms with Crippen LogP contribution in [0.4, 0.5) is 0 Å². The first-order valence-electron chi connectivity index (χ1n) is 4.70. The lowest BCUT2D eigenvalue weighted by Gasteiger charge is -1.95. The van der Waals surface area contributed by atoms with Crippen molar-refractivity contribution in [1.29, 1.82) is 0 Å². The van der Waals surface area contributed by atoms with E-state index in [0.717, 1.165) is 27.5 Å². The monoisotopic (exact) mass is 286 g/mol. The third-order valence-corrected chi connectivity index (χ3v) is 3.77. The van der Waals surface area contributed by atoms with Gasteiger partial charge in [0.15, 0.2) is 5.76 Å². The van der Waals surface area contributed by atoms with Gasteiger partial charge in [0.05, 0.1) is 17.6 Å². The van der Waals surface area contributed by atoms with Crippen LogP contribution in [-0.4, -0.2) is 11.5 Å². The van der Waals surface area contributed by atoms with Crippen LogP contribution in [0.5, 0.6) is 0 Å². The van der Waals surface area contributed by atoms with Gasteiger partial charge in [0, 0.05) is 4.47 Å². The van der Waals surface area contributed by atoms with Gasteiger partial charge < -0.3 is 9.73 Å². The summed E-state index contributed by atoms with van der Waals surface area (Å²) in [6, 6.07) is 2.01. The molecule has 3 nitrogen and oxygen atoms in total. The quantitative estimate of drug-likeness (QED) is 0.937. The van der Waals surface area contributed by atoms with Crippen molar-refractivity contribution in [2.24, 2.45) is 0 Å². The molecular weight excluding hydrogens is 276 g/mol. The molecule has 15 heavy (non-hydrogen) atoms. The van der Waals surface area contributed by atoms with Gasteiger partial charge >= 0.3 is 0 Å². The number of nitrogens with one attached hydrogen (secondary N) is 1. The predicted octanol–water partition coefficient (Wildman–Crippen LogP) is 3.28. The van der Waals surface area contributed by atoms with Gasteiger partial charge in [-0.2, -0.15) is 0 Å². The molecule has 2 aromatic rings. The number of aromatic nitrogens is 1. The standard InChI is InChI=1S/C10H11BrN2OS/c1-2-12-6-9-13-5-8(14-9)10-7(11)3-4-15-10/h3-5,12H,2,6H2,1H3. The molecule has 80 valence electrons. The van der Waals surface area contributed by atoms with Crippen LogP contribution in [0.15, 0.2) is 26.5 Å². The molecule has 0 fully saturated rings. The fraction of sp³-hybridized carbons (Fsp3) is 0.300. The molecule has 2 aromatic heterocycles. The molecule has 1 N–H and O–H groups in total. The van der Waals surface area contributed by atoms with Crippen LogP contribution in [-0.2, 0) is 6.54 Å². The summed E-state index contributed by atoms with van der Waals surface area (Å²) in [6.45, 7) is 3.65. The molecule has 0 spiro atoms. The fourth-order valence-electron chi connectivity index (χ4n) is 1.20. The Morgan fingerprint density at radius 3 is 3.13 bits per heavy atom. The number of thiophene rings is 1. The lowest BCUT2D eigenvalue weighted by Crippen LogP contribution is -2.11. The molecule has 0 bridgehead atoms. The highest BCUT2D eigenvalue weighted by Gasteiger charge is 2.10. The Labute approximate surface area is 101 Å². The molecule has 2 heterocycles. The van der Waals surface area contributed by atoms with E-state index in [1.165, 1.54) is 0 Å². The molecule has 0 atom stereocenters. The van der Waals surface area contributed by atoms with E-state index in [2.05, 4.69) is 33.2 Å². The van der Waals surface area contributed by atoms with Crippen molar-refractivity contribution < 1.29 is 4.42 Å². The normalized spacial score (nSPS) is 10.8. The van der Waals surface area contributed by atoms with Gasteiger partial charge in [-0.25, -0.2) is 4.98 Å². The summed E-state index contributed by atoms with van der Waals surface area (Å²) in [4.78, 5) is 5.30. The summed E-state index contributed by atoms with van der Waals surface area (Å²) >= 11 is 5.11. The Balaban J connectivity index is 2.17. The molecule has 5 heteroatoms. The highest BCUT2D eigenvalue weighted by Crippen LogP contribution is 2.33. The van der Waals surface area contributed by atoms with E-state index in [-0.39, 0.29) is 0 Å². The average molecular weight is 287 g/mol. The second-order valence-electron chi connectivity index (χ2n) is 3.00. The smallest absolute Gasteiger partial charge is 0.208 e. The largest absolute Gasteiger partial charge is 0.438 e. The lowest BCUT2D eigenvalue weighted by molar-refractivity contribution is 0.483. The van der Waals surface area contributed by atoms with Gasteiger partial charge in [0.25, 0.3) is 0 Å². The third-order valence-electron chi connectivity index (χ3n) is 1.92. The molecule has 0 aromatic carbocycles. The van der Waals surface area contributed by atoms with E-state index >= 15 is 0 Å². The van der Waals surface area contributed by atoms with Gasteiger partial charge in [0.1, 0.15) is 0 Å². The van der Waals surface area contributed by atoms with Gasteiger partial charge in [-0.1, -0.05) is 6.92 Å². The van der Waals surface area contributed by atoms with Crippen LogP contribution in [0.3, 0.4) is 0 Å². The summed E-state index contributed by atoms with van der Waals surface area (Å²) in [7, 11) is 0. The molecular formula is C10H11BrN2OS. The Morgan fingerprint density at radius 2 is 2.47 bits per heavy atom. The molecule has 0 saturated carbocycles. The minimum atomic E-state index is 0.680. The summed E-state index contributed by atoms with van der Waals surface area (Å²) in [5.74, 6) is 1.55. The molecule has 2 rings (SSSR count). The van der Waals surface area contributed by atoms with Crippen molar-refractivity contribution in [2.45, 2.75) is 13.5 Å². The zero-order chi connectivity index (χ0) is 10.7. The van der Waals surface area contributed by atoms with Gasteiger partial charge in [-0.05, 0) is 33.9 Å². The summed E-state index contributed by atoms with van der Waals surface area (Å²) in [6.07, 6.45) is 1.77. The van der Waals surface area contributed by atoms with E-state index in [4.69, 9.17) is 4.42 Å². The first kappa shape index (κ1) is 10.9. The van der Waals surface area contributed by atoms with Crippen LogP contribution < -0.4 is 5.32 Å². The van der Waals surface area contributed by atoms with Crippen molar-refractivity contribution >= 4 is 27.3 Å². The Hall–Kier alpha value is -0.650. The fourth-order valence-corrected chi connectivity index (χ4v) is 2.71. The van der Waals surface area contributed by atoms with Crippen molar-refractivity contribution in [3.05, 3.63) is 28.0 Å². The van der Waals surface area contributed by atoms with E-state index in [9.17, 15) is 0 Å². The second kappa shape index (κ2) is 4.92. The molecule has 0 aliphatic heterocycles. The lowest BCUT2D eigenvalue weighted by atomic mass is 10.4. The number of rotatable bonds is 4. The van der Waals surface area contributed by atoms with Gasteiger partial charge in [-0.3, -0.25) is 0 Å². The number of nitrogens with zero attached hydrogens (tertiary/aromatic N) is 1. The van der Waals surface area contributed by atoms with Crippen LogP contribution in [0, 0.1) is 0 Å². The molecule has 0 saturated heterocycles. The molecule has 0 radical (unpaired) electrons. The molecule has 0 amide bonds. The average Bonchev–Trinajstić information content (AvgIpc) is 2.83. The predicted molar refractivity (Wildman–Crippen MR) is 64.9 cm³/mol. The van der Waals surface area contributed by atoms with Crippen molar-refractivity contribution in [1.82, 2.24) is 10.3 Å². The van der Waals surface area contributed by atoms with Gasteiger partial charge in [-0.15, -0.1) is 11.3 Å². The molecule has 0 unspecified atom stereocenters. The van der Waals surface area contributed by atoms with E-state index in [1.54, 1.807) is 17.5 Å². The first-order valence-corrected chi connectivity index (χ1v) is 6.37. The highest BCUT2D eigenvalue weighted by molar-refractivity contribution is 9.10. The third kappa shape index (κ3) is 2.48. The topological polar surface area (TPSA) is 38.1 Å². The van der Waals surface area contributed by atoms with Crippen molar-refractivity contribution in [2.75, 3.05) is 6.54 Å². The molecule has 0 aliphatic rings. The van der Waals surface area contributed by atoms with Crippen LogP contribution >= 0.6 is 27.3 Å². The Morgan fingerprint density at radius 1 is 1.60 bits per heavy atom. The number of halogens is 1. The number of hydrogen-bond acceptors (Lipinski definition) is 4. The van der Waals surface area contributed by atoms with E-state index in [1.807, 2.05) is 11.4 Å². The maximum absolute atomic E-state index is 5.62. The summed E-state index contributed by atoms with van der Waals surface area (Å²) in [5.41, 5.74) is 0. The highest BCUT2D eigenvalue weighted by atomic mass is 79.9. The van der Waals surface area contributed by atoms with Crippen LogP contribution in [0.2, 0.25) is 0 Å². The van der Waals surface area contributed by atoms with Crippen molar-refractivity contribution in [3.8, 4) is 10.6 Å². The summed E-state index contributed by atoms with van der Waals surface area (Å²) in [5, 5.41) is 5.19. The number of hydrogen-bond donors (Lipinski definition) is 1. The maximum Gasteiger partial charge on any atom is 0.208 e. The minimum absolute atomic E-state index is 0.680. The Bertz CT molecular complexity index is 438. The zero-order valence-corrected chi connectivity index (χ0v) is 10.7. The first-order chi connectivity index (χ1) is 7.31. The molecule has 0 aliphatic carbocycles. The minimum Gasteiger partial charge on any atom is -0.438 e. The zero-order valence-electron chi connectivity index (χ0n) is 8.29. The second-order valence-corrected chi connectivity index (χ2v) is 4.77. The van der Waals surface area contributed by atoms with Crippen LogP contribution in [0.25, 0.3) is 10.6 Å². The van der Waals surface area contributed by atoms with Crippen LogP contribution in [0.1, 0.15) is 12.8 Å². The maximum atomic E-state index is 5.62. The van der Waals surface area contributed by atoms with Crippen molar-refractivity contribution in [3.63, 3.8) is 0 Å². The van der Waals surface area contributed by atoms with Gasteiger partial charge in [0.2, 0.25) is 5.89 Å². The SMILES string of the molecule is CCNCc1ncc(-c2sccc2Br)o1. The summed E-state index contributed by atoms with van der Waals surface area (Å²) < 4.78 is 6.67. The Kier molecular flexibility index (Phi) is 3.56. The van der Waals surface area contributed by atoms with E-state index in [0.29, 0.717) is 6.54 Å². The number of oxazole rings is 1.